The van der Waals surface area contributed by atoms with Crippen LogP contribution in [0.15, 0.2) is 30.3 Å². The van der Waals surface area contributed by atoms with Crippen molar-refractivity contribution in [2.24, 2.45) is 0 Å². The van der Waals surface area contributed by atoms with Crippen LogP contribution in [-0.4, -0.2) is 42.9 Å². The van der Waals surface area contributed by atoms with Gasteiger partial charge in [-0.2, -0.15) is 0 Å². The van der Waals surface area contributed by atoms with E-state index in [1.807, 2.05) is 13.0 Å². The minimum atomic E-state index is -3.11. The van der Waals surface area contributed by atoms with E-state index < -0.39 is 17.4 Å². The Morgan fingerprint density at radius 1 is 0.714 bits per heavy atom. The molecule has 2 aromatic rings. The van der Waals surface area contributed by atoms with Crippen LogP contribution in [0.3, 0.4) is 0 Å². The number of carbonyl (C=O) groups is 1. The van der Waals surface area contributed by atoms with Gasteiger partial charge in [-0.3, -0.25) is 4.79 Å². The van der Waals surface area contributed by atoms with Crippen LogP contribution in [0.1, 0.15) is 28.4 Å². The fourth-order valence-corrected chi connectivity index (χ4v) is 2.22. The monoisotopic (exact) mass is 814 g/mol. The van der Waals surface area contributed by atoms with Gasteiger partial charge >= 0.3 is 49.6 Å². The van der Waals surface area contributed by atoms with E-state index >= 15 is 0 Å². The first-order valence-electron chi connectivity index (χ1n) is 12.7. The average molecular weight is 817 g/mol. The Balaban J connectivity index is -0.000000581. The number of aldehydes is 1. The van der Waals surface area contributed by atoms with Crippen molar-refractivity contribution in [2.45, 2.75) is 25.8 Å². The van der Waals surface area contributed by atoms with Crippen LogP contribution in [0.4, 0.5) is 0 Å². The molecule has 0 radical (unpaired) electrons. The van der Waals surface area contributed by atoms with Crippen molar-refractivity contribution in [1.29, 1.82) is 0 Å². The summed E-state index contributed by atoms with van der Waals surface area (Å²) in [4.78, 5) is 10.5. The van der Waals surface area contributed by atoms with E-state index in [2.05, 4.69) is 93.5 Å². The fourth-order valence-electron chi connectivity index (χ4n) is 2.22. The SMILES string of the molecule is C#CC#CC#CC#CC#CC#CC#CC#CC.COC(Cl)Cl.COc1cc(C=O)c(C)cc1O.COc1ccc(C)cc1O.[Cl][Ti]([Cl])([Cl])[Cl]. The third kappa shape index (κ3) is 35.3. The number of methoxy groups -OCH3 is 3. The van der Waals surface area contributed by atoms with Crippen LogP contribution in [0, 0.1) is 109 Å². The number of halogens is 6. The molecule has 0 aromatic heterocycles. The number of alkyl halides is 2. The first kappa shape index (κ1) is 49.6. The molecule has 0 fully saturated rings. The molecule has 0 saturated heterocycles. The second-order valence-corrected chi connectivity index (χ2v) is 24.1. The van der Waals surface area contributed by atoms with Crippen molar-refractivity contribution < 1.29 is 41.6 Å². The quantitative estimate of drug-likeness (QED) is 0.141. The number of hydrogen-bond donors (Lipinski definition) is 2. The molecule has 2 N–H and O–H groups in total. The van der Waals surface area contributed by atoms with E-state index in [4.69, 9.17) is 81.4 Å². The van der Waals surface area contributed by atoms with Gasteiger partial charge in [0, 0.05) is 12.7 Å². The number of terminal acetylenes is 1. The van der Waals surface area contributed by atoms with Crippen LogP contribution in [0.25, 0.3) is 0 Å². The van der Waals surface area contributed by atoms with Gasteiger partial charge in [-0.05, 0) is 139 Å². The van der Waals surface area contributed by atoms with E-state index in [0.29, 0.717) is 17.1 Å². The Bertz CT molecular complexity index is 1830. The molecule has 0 amide bonds. The van der Waals surface area contributed by atoms with E-state index in [9.17, 15) is 9.90 Å². The zero-order chi connectivity index (χ0) is 38.1. The molecule has 2 aromatic carbocycles. The van der Waals surface area contributed by atoms with Gasteiger partial charge in [0.15, 0.2) is 23.0 Å². The maximum absolute atomic E-state index is 10.5. The summed E-state index contributed by atoms with van der Waals surface area (Å²) in [5.74, 6) is 38.0. The fraction of sp³-hybridized carbons (Fsp3) is 0.194. The van der Waals surface area contributed by atoms with Crippen molar-refractivity contribution in [3.63, 3.8) is 0 Å². The third-order valence-corrected chi connectivity index (χ3v) is 4.51. The van der Waals surface area contributed by atoms with Gasteiger partial charge in [-0.15, -0.1) is 6.42 Å². The van der Waals surface area contributed by atoms with Gasteiger partial charge < -0.3 is 24.4 Å². The zero-order valence-corrected chi connectivity index (χ0v) is 33.0. The number of carbonyl (C=O) groups excluding carboxylic acids is 1. The second-order valence-electron chi connectivity index (χ2n) is 7.62. The molecular formula is C36H28Cl6O6Ti. The Labute approximate surface area is 318 Å². The van der Waals surface area contributed by atoms with Crippen LogP contribution >= 0.6 is 60.4 Å². The topological polar surface area (TPSA) is 85.2 Å². The second kappa shape index (κ2) is 32.7. The Kier molecular flexibility index (Phi) is 33.1. The number of hydrogen-bond acceptors (Lipinski definition) is 6. The molecule has 49 heavy (non-hydrogen) atoms. The molecular weight excluding hydrogens is 789 g/mol. The van der Waals surface area contributed by atoms with Gasteiger partial charge in [0.1, 0.15) is 6.29 Å². The normalized spacial score (nSPS) is 7.76. The number of phenols is 2. The van der Waals surface area contributed by atoms with Crippen molar-refractivity contribution >= 4 is 66.7 Å². The van der Waals surface area contributed by atoms with Crippen molar-refractivity contribution in [3.8, 4) is 118 Å². The summed E-state index contributed by atoms with van der Waals surface area (Å²) < 4.78 is 14.0. The summed E-state index contributed by atoms with van der Waals surface area (Å²) in [6, 6.07) is 8.31. The summed E-state index contributed by atoms with van der Waals surface area (Å²) in [5, 5.41) is 17.8. The molecule has 0 saturated carbocycles. The number of rotatable bonds is 4. The van der Waals surface area contributed by atoms with Crippen LogP contribution < -0.4 is 9.47 Å². The molecule has 0 aliphatic rings. The van der Waals surface area contributed by atoms with E-state index in [1.54, 1.807) is 26.0 Å². The summed E-state index contributed by atoms with van der Waals surface area (Å²) in [6.07, 6.45) is 5.62. The summed E-state index contributed by atoms with van der Waals surface area (Å²) in [7, 11) is 24.5. The molecule has 0 heterocycles. The van der Waals surface area contributed by atoms with E-state index in [0.717, 1.165) is 17.4 Å². The number of aromatic hydroxyl groups is 2. The molecule has 6 nitrogen and oxygen atoms in total. The van der Waals surface area contributed by atoms with Crippen LogP contribution in [-0.2, 0) is 17.1 Å². The van der Waals surface area contributed by atoms with Gasteiger partial charge in [-0.25, -0.2) is 0 Å². The van der Waals surface area contributed by atoms with Gasteiger partial charge in [-0.1, -0.05) is 35.2 Å². The molecule has 0 aliphatic heterocycles. The molecule has 0 atom stereocenters. The molecule has 254 valence electrons. The first-order chi connectivity index (χ1) is 23.1. The predicted molar refractivity (Wildman–Crippen MR) is 199 cm³/mol. The zero-order valence-electron chi connectivity index (χ0n) is 26.9. The molecule has 2 rings (SSSR count). The molecule has 0 unspecified atom stereocenters. The van der Waals surface area contributed by atoms with E-state index in [-0.39, 0.29) is 11.5 Å². The molecule has 13 heteroatoms. The van der Waals surface area contributed by atoms with Crippen molar-refractivity contribution in [1.82, 2.24) is 0 Å². The van der Waals surface area contributed by atoms with Crippen LogP contribution in [0.5, 0.6) is 23.0 Å². The summed E-state index contributed by atoms with van der Waals surface area (Å²) in [6.45, 7) is 5.37. The number of phenolic OH excluding ortho intramolecular Hbond substituents is 2. The Hall–Kier alpha value is -3.80. The Morgan fingerprint density at radius 2 is 1.10 bits per heavy atom. The van der Waals surface area contributed by atoms with Crippen molar-refractivity contribution in [3.05, 3.63) is 47.0 Å². The van der Waals surface area contributed by atoms with Gasteiger partial charge in [0.25, 0.3) is 0 Å². The van der Waals surface area contributed by atoms with Gasteiger partial charge in [0.2, 0.25) is 5.02 Å². The number of benzene rings is 2. The Morgan fingerprint density at radius 3 is 1.43 bits per heavy atom. The summed E-state index contributed by atoms with van der Waals surface area (Å²) >= 11 is 6.90. The summed E-state index contributed by atoms with van der Waals surface area (Å²) in [5.41, 5.74) is 2.30. The predicted octanol–water partition coefficient (Wildman–Crippen LogP) is 8.04. The number of ether oxygens (including phenoxy) is 3. The third-order valence-electron chi connectivity index (χ3n) is 4.15. The minimum absolute atomic E-state index is 0.0561. The number of aryl methyl sites for hydroxylation is 2. The standard InChI is InChI=1S/C17H4.C9H10O3.C8H10O2.C2H4Cl2O.4ClH.Ti/c1-3-5-7-9-11-13-15-17-16-14-12-10-8-6-4-2;1-6-3-8(11)9(12-2)4-7(6)5-10;1-6-3-4-8(10-2)7(9)5-6;1-5-2(3)4;;;;;/h1H,2H3;3-5,11H,1-2H3;3-5,9H,1-2H3;2H,1H3;4*1H;/q;;;;;;;;+4/p-4. The molecule has 0 aliphatic carbocycles. The molecule has 0 spiro atoms. The average Bonchev–Trinajstić information content (AvgIpc) is 3.03. The molecule has 0 bridgehead atoms. The maximum atomic E-state index is 10.5. The van der Waals surface area contributed by atoms with Crippen molar-refractivity contribution in [2.75, 3.05) is 21.3 Å². The van der Waals surface area contributed by atoms with Crippen LogP contribution in [0.2, 0.25) is 0 Å². The first-order valence-corrected chi connectivity index (χ1v) is 22.2. The van der Waals surface area contributed by atoms with Gasteiger partial charge in [0.05, 0.1) is 14.2 Å². The van der Waals surface area contributed by atoms with E-state index in [1.165, 1.54) is 33.5 Å².